The molecular weight excluding hydrogens is 272 g/mol. The van der Waals surface area contributed by atoms with E-state index in [4.69, 9.17) is 15.7 Å². The Hall–Kier alpha value is -1.26. The van der Waals surface area contributed by atoms with Gasteiger partial charge in [0, 0.05) is 26.0 Å². The number of ether oxygens (including phenoxy) is 1. The molecule has 8 nitrogen and oxygen atoms in total. The molecule has 0 aliphatic carbocycles. The molecule has 0 aromatic carbocycles. The first-order valence-electron chi connectivity index (χ1n) is 5.59. The van der Waals surface area contributed by atoms with Gasteiger partial charge in [-0.25, -0.2) is 8.42 Å². The molecule has 1 aromatic heterocycles. The Morgan fingerprint density at radius 3 is 2.89 bits per heavy atom. The van der Waals surface area contributed by atoms with Gasteiger partial charge in [-0.05, 0) is 6.07 Å². The van der Waals surface area contributed by atoms with Crippen LogP contribution in [0.25, 0.3) is 0 Å². The summed E-state index contributed by atoms with van der Waals surface area (Å²) in [4.78, 5) is 3.79. The number of anilines is 1. The molecule has 4 N–H and O–H groups in total. The number of sulfonamides is 1. The van der Waals surface area contributed by atoms with Gasteiger partial charge in [-0.15, -0.1) is 0 Å². The minimum atomic E-state index is -3.68. The lowest BCUT2D eigenvalue weighted by molar-refractivity contribution is 0.0876. The highest BCUT2D eigenvalue weighted by molar-refractivity contribution is 7.89. The van der Waals surface area contributed by atoms with Crippen molar-refractivity contribution in [2.24, 2.45) is 5.84 Å². The highest BCUT2D eigenvalue weighted by atomic mass is 32.2. The molecular formula is C10H18N4O4S. The molecule has 0 aliphatic heterocycles. The number of nitrogens with zero attached hydrogens (tertiary/aromatic N) is 2. The summed E-state index contributed by atoms with van der Waals surface area (Å²) < 4.78 is 30.7. The lowest BCUT2D eigenvalue weighted by atomic mass is 10.4. The van der Waals surface area contributed by atoms with E-state index in [1.807, 2.05) is 0 Å². The number of likely N-dealkylation sites (N-methyl/N-ethyl adjacent to an activating group) is 1. The number of nitrogens with one attached hydrogen (secondary N) is 1. The normalized spacial score (nSPS) is 11.8. The molecule has 0 spiro atoms. The van der Waals surface area contributed by atoms with Crippen molar-refractivity contribution in [3.63, 3.8) is 0 Å². The van der Waals surface area contributed by atoms with Gasteiger partial charge in [-0.1, -0.05) is 0 Å². The molecule has 9 heteroatoms. The number of pyridine rings is 1. The third-order valence-corrected chi connectivity index (χ3v) is 4.30. The summed E-state index contributed by atoms with van der Waals surface area (Å²) in [5, 5.41) is 8.55. The molecule has 0 fully saturated rings. The molecule has 0 aliphatic rings. The SMILES string of the molecule is CN(CCOCCO)S(=O)(=O)c1cnccc1NN. The Kier molecular flexibility index (Phi) is 6.12. The van der Waals surface area contributed by atoms with Crippen LogP contribution in [-0.4, -0.2) is 56.2 Å². The average Bonchev–Trinajstić information content (AvgIpc) is 2.43. The maximum Gasteiger partial charge on any atom is 0.246 e. The molecule has 0 saturated carbocycles. The number of rotatable bonds is 8. The first-order valence-corrected chi connectivity index (χ1v) is 7.03. The number of nitrogen functional groups attached to an aromatic ring is 1. The van der Waals surface area contributed by atoms with Gasteiger partial charge in [-0.3, -0.25) is 10.8 Å². The van der Waals surface area contributed by atoms with Crippen molar-refractivity contribution >= 4 is 15.7 Å². The number of aliphatic hydroxyl groups excluding tert-OH is 1. The van der Waals surface area contributed by atoms with Crippen molar-refractivity contribution in [2.45, 2.75) is 4.90 Å². The van der Waals surface area contributed by atoms with Gasteiger partial charge in [0.2, 0.25) is 10.0 Å². The summed E-state index contributed by atoms with van der Waals surface area (Å²) in [6, 6.07) is 1.48. The fraction of sp³-hybridized carbons (Fsp3) is 0.500. The van der Waals surface area contributed by atoms with Gasteiger partial charge >= 0.3 is 0 Å². The maximum absolute atomic E-state index is 12.3. The summed E-state index contributed by atoms with van der Waals surface area (Å²) in [5.41, 5.74) is 2.60. The van der Waals surface area contributed by atoms with Gasteiger partial charge < -0.3 is 15.3 Å². The Morgan fingerprint density at radius 2 is 2.26 bits per heavy atom. The molecule has 0 amide bonds. The monoisotopic (exact) mass is 290 g/mol. The molecule has 108 valence electrons. The Bertz CT molecular complexity index is 494. The fourth-order valence-corrected chi connectivity index (χ4v) is 2.60. The molecule has 0 bridgehead atoms. The van der Waals surface area contributed by atoms with Crippen LogP contribution in [0.5, 0.6) is 0 Å². The summed E-state index contributed by atoms with van der Waals surface area (Å²) in [6.45, 7) is 0.444. The molecule has 1 rings (SSSR count). The number of hydrogen-bond acceptors (Lipinski definition) is 7. The second-order valence-electron chi connectivity index (χ2n) is 3.68. The molecule has 1 aromatic rings. The van der Waals surface area contributed by atoms with E-state index in [0.717, 1.165) is 4.31 Å². The second kappa shape index (κ2) is 7.36. The lowest BCUT2D eigenvalue weighted by Crippen LogP contribution is -2.31. The van der Waals surface area contributed by atoms with Gasteiger partial charge in [0.1, 0.15) is 4.90 Å². The number of hydrogen-bond donors (Lipinski definition) is 3. The first-order chi connectivity index (χ1) is 9.04. The number of aliphatic hydroxyl groups is 1. The van der Waals surface area contributed by atoms with Crippen LogP contribution in [0.2, 0.25) is 0 Å². The molecule has 0 unspecified atom stereocenters. The van der Waals surface area contributed by atoms with E-state index in [1.54, 1.807) is 0 Å². The highest BCUT2D eigenvalue weighted by Gasteiger charge is 2.23. The maximum atomic E-state index is 12.3. The van der Waals surface area contributed by atoms with Crippen LogP contribution < -0.4 is 11.3 Å². The summed E-state index contributed by atoms with van der Waals surface area (Å²) >= 11 is 0. The molecule has 19 heavy (non-hydrogen) atoms. The van der Waals surface area contributed by atoms with Crippen molar-refractivity contribution in [1.29, 1.82) is 0 Å². The van der Waals surface area contributed by atoms with Crippen LogP contribution in [0.15, 0.2) is 23.4 Å². The summed E-state index contributed by atoms with van der Waals surface area (Å²) in [5.74, 6) is 5.27. The van der Waals surface area contributed by atoms with E-state index in [-0.39, 0.29) is 36.9 Å². The van der Waals surface area contributed by atoms with Gasteiger partial charge in [-0.2, -0.15) is 4.31 Å². The summed E-state index contributed by atoms with van der Waals surface area (Å²) in [7, 11) is -2.25. The van der Waals surface area contributed by atoms with E-state index < -0.39 is 10.0 Å². The Labute approximate surface area is 112 Å². The van der Waals surface area contributed by atoms with Crippen molar-refractivity contribution in [2.75, 3.05) is 38.8 Å². The van der Waals surface area contributed by atoms with Gasteiger partial charge in [0.05, 0.1) is 25.5 Å². The van der Waals surface area contributed by atoms with Crippen molar-refractivity contribution in [3.8, 4) is 0 Å². The van der Waals surface area contributed by atoms with Crippen LogP contribution in [0.1, 0.15) is 0 Å². The number of aromatic nitrogens is 1. The third kappa shape index (κ3) is 4.11. The minimum absolute atomic E-state index is 0.00200. The zero-order valence-electron chi connectivity index (χ0n) is 10.6. The lowest BCUT2D eigenvalue weighted by Gasteiger charge is -2.18. The van der Waals surface area contributed by atoms with Crippen LogP contribution in [0, 0.1) is 0 Å². The van der Waals surface area contributed by atoms with E-state index >= 15 is 0 Å². The topological polar surface area (TPSA) is 118 Å². The van der Waals surface area contributed by atoms with E-state index in [1.165, 1.54) is 25.5 Å². The van der Waals surface area contributed by atoms with Gasteiger partial charge in [0.25, 0.3) is 0 Å². The largest absolute Gasteiger partial charge is 0.394 e. The Morgan fingerprint density at radius 1 is 1.53 bits per heavy atom. The van der Waals surface area contributed by atoms with Crippen LogP contribution in [0.4, 0.5) is 5.69 Å². The minimum Gasteiger partial charge on any atom is -0.394 e. The predicted octanol–water partition coefficient (Wildman–Crippen LogP) is -1.00. The molecule has 0 atom stereocenters. The number of hydrazine groups is 1. The average molecular weight is 290 g/mol. The summed E-state index contributed by atoms with van der Waals surface area (Å²) in [6.07, 6.45) is 2.67. The van der Waals surface area contributed by atoms with E-state index in [2.05, 4.69) is 10.4 Å². The van der Waals surface area contributed by atoms with E-state index in [0.29, 0.717) is 0 Å². The highest BCUT2D eigenvalue weighted by Crippen LogP contribution is 2.21. The van der Waals surface area contributed by atoms with Crippen molar-refractivity contribution in [3.05, 3.63) is 18.5 Å². The quantitative estimate of drug-likeness (QED) is 0.319. The predicted molar refractivity (Wildman–Crippen MR) is 69.8 cm³/mol. The third-order valence-electron chi connectivity index (χ3n) is 2.41. The molecule has 1 heterocycles. The van der Waals surface area contributed by atoms with E-state index in [9.17, 15) is 8.42 Å². The molecule has 0 saturated heterocycles. The van der Waals surface area contributed by atoms with Crippen molar-refractivity contribution < 1.29 is 18.3 Å². The van der Waals surface area contributed by atoms with Crippen LogP contribution in [-0.2, 0) is 14.8 Å². The zero-order chi connectivity index (χ0) is 14.3. The second-order valence-corrected chi connectivity index (χ2v) is 5.69. The van der Waals surface area contributed by atoms with Crippen LogP contribution >= 0.6 is 0 Å². The fourth-order valence-electron chi connectivity index (χ4n) is 1.35. The van der Waals surface area contributed by atoms with Crippen molar-refractivity contribution in [1.82, 2.24) is 9.29 Å². The Balaban J connectivity index is 2.79. The number of nitrogens with two attached hydrogens (primary N) is 1. The smallest absolute Gasteiger partial charge is 0.246 e. The standard InChI is InChI=1S/C10H18N4O4S/c1-14(4-6-18-7-5-15)19(16,17)10-8-12-3-2-9(10)13-11/h2-3,8,15H,4-7,11H2,1H3,(H,12,13). The first kappa shape index (κ1) is 15.8. The van der Waals surface area contributed by atoms with Crippen LogP contribution in [0.3, 0.4) is 0 Å². The molecule has 0 radical (unpaired) electrons. The zero-order valence-corrected chi connectivity index (χ0v) is 11.4. The van der Waals surface area contributed by atoms with Gasteiger partial charge in [0.15, 0.2) is 0 Å².